The van der Waals surface area contributed by atoms with Gasteiger partial charge in [0.2, 0.25) is 5.88 Å². The predicted molar refractivity (Wildman–Crippen MR) is 78.9 cm³/mol. The predicted octanol–water partition coefficient (Wildman–Crippen LogP) is 3.97. The van der Waals surface area contributed by atoms with Crippen LogP contribution in [0.25, 0.3) is 10.9 Å². The lowest BCUT2D eigenvalue weighted by Crippen LogP contribution is -1.97. The summed E-state index contributed by atoms with van der Waals surface area (Å²) in [6, 6.07) is 13.7. The van der Waals surface area contributed by atoms with Crippen molar-refractivity contribution in [1.82, 2.24) is 4.98 Å². The number of fused-ring (bicyclic) bond motifs is 1. The van der Waals surface area contributed by atoms with Crippen LogP contribution in [0.1, 0.15) is 11.1 Å². The number of aromatic nitrogens is 1. The lowest BCUT2D eigenvalue weighted by Gasteiger charge is -2.12. The summed E-state index contributed by atoms with van der Waals surface area (Å²) in [7, 11) is 0. The van der Waals surface area contributed by atoms with Crippen LogP contribution in [0.3, 0.4) is 0 Å². The van der Waals surface area contributed by atoms with Gasteiger partial charge in [0.1, 0.15) is 11.6 Å². The number of aliphatic hydroxyl groups excluding tert-OH is 1. The minimum absolute atomic E-state index is 0.173. The number of pyridine rings is 1. The summed E-state index contributed by atoms with van der Waals surface area (Å²) in [5.41, 5.74) is 2.05. The molecule has 0 aliphatic carbocycles. The van der Waals surface area contributed by atoms with Crippen LogP contribution in [0, 0.1) is 12.7 Å². The molecular weight excluding hydrogens is 269 g/mol. The van der Waals surface area contributed by atoms with Crippen LogP contribution in [0.5, 0.6) is 11.6 Å². The summed E-state index contributed by atoms with van der Waals surface area (Å²) in [4.78, 5) is 4.43. The van der Waals surface area contributed by atoms with Crippen LogP contribution < -0.4 is 4.74 Å². The number of nitrogens with zero attached hydrogens (tertiary/aromatic N) is 1. The van der Waals surface area contributed by atoms with Gasteiger partial charge in [0.05, 0.1) is 12.1 Å². The van der Waals surface area contributed by atoms with E-state index in [9.17, 15) is 9.50 Å². The highest BCUT2D eigenvalue weighted by Crippen LogP contribution is 2.29. The second-order valence-electron chi connectivity index (χ2n) is 4.82. The van der Waals surface area contributed by atoms with Crippen LogP contribution in [-0.2, 0) is 6.61 Å². The number of hydrogen-bond donors (Lipinski definition) is 1. The molecule has 0 saturated carbocycles. The van der Waals surface area contributed by atoms with E-state index in [1.54, 1.807) is 13.0 Å². The maximum absolute atomic E-state index is 13.1. The van der Waals surface area contributed by atoms with Crippen molar-refractivity contribution in [2.45, 2.75) is 13.5 Å². The Morgan fingerprint density at radius 1 is 1.14 bits per heavy atom. The molecule has 0 fully saturated rings. The number of rotatable bonds is 3. The van der Waals surface area contributed by atoms with E-state index >= 15 is 0 Å². The molecule has 1 aromatic heterocycles. The summed E-state index contributed by atoms with van der Waals surface area (Å²) in [5.74, 6) is 0.550. The van der Waals surface area contributed by atoms with E-state index < -0.39 is 0 Å². The van der Waals surface area contributed by atoms with Gasteiger partial charge in [-0.25, -0.2) is 9.37 Å². The Bertz CT molecular complexity index is 802. The van der Waals surface area contributed by atoms with Gasteiger partial charge in [0, 0.05) is 10.9 Å². The fraction of sp³-hybridized carbons (Fsp3) is 0.118. The van der Waals surface area contributed by atoms with E-state index in [0.29, 0.717) is 22.8 Å². The number of aliphatic hydroxyl groups is 1. The second kappa shape index (κ2) is 5.50. The Hall–Kier alpha value is -2.46. The third-order valence-electron chi connectivity index (χ3n) is 3.28. The largest absolute Gasteiger partial charge is 0.438 e. The molecule has 106 valence electrons. The van der Waals surface area contributed by atoms with Gasteiger partial charge in [-0.05, 0) is 42.8 Å². The van der Waals surface area contributed by atoms with Crippen molar-refractivity contribution in [2.75, 3.05) is 0 Å². The Morgan fingerprint density at radius 2 is 1.95 bits per heavy atom. The molecule has 0 unspecified atom stereocenters. The molecule has 0 bridgehead atoms. The molecule has 0 radical (unpaired) electrons. The van der Waals surface area contributed by atoms with Crippen molar-refractivity contribution in [1.29, 1.82) is 0 Å². The van der Waals surface area contributed by atoms with E-state index in [-0.39, 0.29) is 12.4 Å². The van der Waals surface area contributed by atoms with Crippen LogP contribution >= 0.6 is 0 Å². The third kappa shape index (κ3) is 2.71. The number of ether oxygens (including phenoxy) is 1. The van der Waals surface area contributed by atoms with Crippen molar-refractivity contribution >= 4 is 10.9 Å². The van der Waals surface area contributed by atoms with Crippen molar-refractivity contribution in [2.24, 2.45) is 0 Å². The molecule has 3 aromatic rings. The smallest absolute Gasteiger partial charge is 0.225 e. The van der Waals surface area contributed by atoms with Crippen LogP contribution in [0.15, 0.2) is 48.5 Å². The molecule has 0 saturated heterocycles. The zero-order valence-electron chi connectivity index (χ0n) is 11.5. The Kier molecular flexibility index (Phi) is 3.54. The van der Waals surface area contributed by atoms with Gasteiger partial charge in [-0.3, -0.25) is 0 Å². The highest BCUT2D eigenvalue weighted by Gasteiger charge is 2.10. The normalized spacial score (nSPS) is 10.8. The van der Waals surface area contributed by atoms with Gasteiger partial charge < -0.3 is 9.84 Å². The first-order valence-corrected chi connectivity index (χ1v) is 6.61. The first-order valence-electron chi connectivity index (χ1n) is 6.61. The van der Waals surface area contributed by atoms with Crippen LogP contribution in [0.2, 0.25) is 0 Å². The van der Waals surface area contributed by atoms with E-state index in [0.717, 1.165) is 10.9 Å². The SMILES string of the molecule is Cc1cc(F)ccc1Oc1nc2ccccc2cc1CO. The zero-order valence-corrected chi connectivity index (χ0v) is 11.5. The molecule has 1 heterocycles. The molecule has 3 rings (SSSR count). The number of para-hydroxylation sites is 1. The molecule has 21 heavy (non-hydrogen) atoms. The molecule has 4 heteroatoms. The number of halogens is 1. The lowest BCUT2D eigenvalue weighted by atomic mass is 10.1. The molecule has 0 atom stereocenters. The number of hydrogen-bond acceptors (Lipinski definition) is 3. The summed E-state index contributed by atoms with van der Waals surface area (Å²) in [5, 5.41) is 10.4. The lowest BCUT2D eigenvalue weighted by molar-refractivity contribution is 0.275. The highest BCUT2D eigenvalue weighted by molar-refractivity contribution is 5.80. The Balaban J connectivity index is 2.06. The van der Waals surface area contributed by atoms with Crippen molar-refractivity contribution in [3.05, 3.63) is 65.5 Å². The maximum Gasteiger partial charge on any atom is 0.225 e. The van der Waals surface area contributed by atoms with E-state index in [1.165, 1.54) is 12.1 Å². The molecule has 0 aliphatic heterocycles. The van der Waals surface area contributed by atoms with Gasteiger partial charge in [0.15, 0.2) is 0 Å². The zero-order chi connectivity index (χ0) is 14.8. The third-order valence-corrected chi connectivity index (χ3v) is 3.28. The topological polar surface area (TPSA) is 42.4 Å². The first-order chi connectivity index (χ1) is 10.2. The molecule has 3 nitrogen and oxygen atoms in total. The van der Waals surface area contributed by atoms with E-state index in [2.05, 4.69) is 4.98 Å². The second-order valence-corrected chi connectivity index (χ2v) is 4.82. The van der Waals surface area contributed by atoms with E-state index in [4.69, 9.17) is 4.74 Å². The van der Waals surface area contributed by atoms with Gasteiger partial charge in [-0.2, -0.15) is 0 Å². The summed E-state index contributed by atoms with van der Waals surface area (Å²) in [6.45, 7) is 1.59. The number of benzene rings is 2. The quantitative estimate of drug-likeness (QED) is 0.791. The summed E-state index contributed by atoms with van der Waals surface area (Å²) < 4.78 is 18.9. The van der Waals surface area contributed by atoms with Gasteiger partial charge >= 0.3 is 0 Å². The average molecular weight is 283 g/mol. The fourth-order valence-corrected chi connectivity index (χ4v) is 2.18. The minimum Gasteiger partial charge on any atom is -0.438 e. The fourth-order valence-electron chi connectivity index (χ4n) is 2.18. The summed E-state index contributed by atoms with van der Waals surface area (Å²) >= 11 is 0. The standard InChI is InChI=1S/C17H14FNO2/c1-11-8-14(18)6-7-16(11)21-17-13(10-20)9-12-4-2-3-5-15(12)19-17/h2-9,20H,10H2,1H3. The van der Waals surface area contributed by atoms with Crippen LogP contribution in [-0.4, -0.2) is 10.1 Å². The molecule has 0 aliphatic rings. The minimum atomic E-state index is -0.311. The summed E-state index contributed by atoms with van der Waals surface area (Å²) in [6.07, 6.45) is 0. The van der Waals surface area contributed by atoms with Crippen molar-refractivity contribution in [3.8, 4) is 11.6 Å². The molecule has 0 amide bonds. The number of aryl methyl sites for hydroxylation is 1. The maximum atomic E-state index is 13.1. The molecular formula is C17H14FNO2. The average Bonchev–Trinajstić information content (AvgIpc) is 2.49. The first kappa shape index (κ1) is 13.5. The molecule has 2 aromatic carbocycles. The monoisotopic (exact) mass is 283 g/mol. The van der Waals surface area contributed by atoms with Crippen molar-refractivity contribution in [3.63, 3.8) is 0 Å². The molecule has 0 spiro atoms. The van der Waals surface area contributed by atoms with Gasteiger partial charge in [-0.1, -0.05) is 18.2 Å². The van der Waals surface area contributed by atoms with E-state index in [1.807, 2.05) is 30.3 Å². The highest BCUT2D eigenvalue weighted by atomic mass is 19.1. The molecule has 1 N–H and O–H groups in total. The Morgan fingerprint density at radius 3 is 2.71 bits per heavy atom. The van der Waals surface area contributed by atoms with Crippen LogP contribution in [0.4, 0.5) is 4.39 Å². The Labute approximate surface area is 121 Å². The van der Waals surface area contributed by atoms with Gasteiger partial charge in [-0.15, -0.1) is 0 Å². The van der Waals surface area contributed by atoms with Crippen molar-refractivity contribution < 1.29 is 14.2 Å². The van der Waals surface area contributed by atoms with Gasteiger partial charge in [0.25, 0.3) is 0 Å².